The summed E-state index contributed by atoms with van der Waals surface area (Å²) in [6.07, 6.45) is 3.91. The Morgan fingerprint density at radius 2 is 1.81 bits per heavy atom. The van der Waals surface area contributed by atoms with Crippen molar-refractivity contribution in [3.8, 4) is 0 Å². The number of amides is 2. The van der Waals surface area contributed by atoms with Crippen LogP contribution in [0.5, 0.6) is 0 Å². The SMILES string of the molecule is O=C(O)CNC(=O)c1ccc(NC(=O)CCC2CC2)cc1. The molecular formula is C15H18N2O4. The Balaban J connectivity index is 1.81. The number of carbonyl (C=O) groups is 3. The van der Waals surface area contributed by atoms with Crippen molar-refractivity contribution < 1.29 is 19.5 Å². The van der Waals surface area contributed by atoms with E-state index < -0.39 is 18.4 Å². The second kappa shape index (κ2) is 6.88. The largest absolute Gasteiger partial charge is 0.480 e. The highest BCUT2D eigenvalue weighted by Crippen LogP contribution is 2.33. The van der Waals surface area contributed by atoms with Gasteiger partial charge < -0.3 is 15.7 Å². The fraction of sp³-hybridized carbons (Fsp3) is 0.400. The number of hydrogen-bond donors (Lipinski definition) is 3. The van der Waals surface area contributed by atoms with Crippen molar-refractivity contribution in [3.05, 3.63) is 29.8 Å². The highest BCUT2D eigenvalue weighted by Gasteiger charge is 2.21. The number of anilines is 1. The fourth-order valence-electron chi connectivity index (χ4n) is 1.93. The Bertz CT molecular complexity index is 535. The van der Waals surface area contributed by atoms with Crippen LogP contribution in [0.2, 0.25) is 0 Å². The van der Waals surface area contributed by atoms with E-state index >= 15 is 0 Å². The summed E-state index contributed by atoms with van der Waals surface area (Å²) in [4.78, 5) is 33.7. The zero-order valence-corrected chi connectivity index (χ0v) is 11.6. The summed E-state index contributed by atoms with van der Waals surface area (Å²) in [6, 6.07) is 6.36. The Hall–Kier alpha value is -2.37. The van der Waals surface area contributed by atoms with Crippen LogP contribution in [0.25, 0.3) is 0 Å². The lowest BCUT2D eigenvalue weighted by atomic mass is 10.2. The van der Waals surface area contributed by atoms with Gasteiger partial charge in [-0.3, -0.25) is 14.4 Å². The van der Waals surface area contributed by atoms with Gasteiger partial charge in [-0.15, -0.1) is 0 Å². The molecule has 0 spiro atoms. The van der Waals surface area contributed by atoms with Crippen LogP contribution in [0.4, 0.5) is 5.69 Å². The van der Waals surface area contributed by atoms with Gasteiger partial charge in [0.1, 0.15) is 6.54 Å². The molecule has 0 radical (unpaired) electrons. The number of hydrogen-bond acceptors (Lipinski definition) is 3. The molecule has 0 aromatic heterocycles. The summed E-state index contributed by atoms with van der Waals surface area (Å²) in [5.41, 5.74) is 0.984. The minimum atomic E-state index is -1.09. The van der Waals surface area contributed by atoms with E-state index in [4.69, 9.17) is 5.11 Å². The molecule has 0 atom stereocenters. The first-order valence-corrected chi connectivity index (χ1v) is 6.94. The average molecular weight is 290 g/mol. The van der Waals surface area contributed by atoms with Gasteiger partial charge in [0.2, 0.25) is 5.91 Å². The average Bonchev–Trinajstić information content (AvgIpc) is 3.27. The second-order valence-corrected chi connectivity index (χ2v) is 5.18. The summed E-state index contributed by atoms with van der Waals surface area (Å²) < 4.78 is 0. The van der Waals surface area contributed by atoms with Gasteiger partial charge in [0.15, 0.2) is 0 Å². The van der Waals surface area contributed by atoms with Gasteiger partial charge in [0.05, 0.1) is 0 Å². The van der Waals surface area contributed by atoms with Crippen LogP contribution in [0.3, 0.4) is 0 Å². The van der Waals surface area contributed by atoms with Gasteiger partial charge in [-0.05, 0) is 36.6 Å². The summed E-state index contributed by atoms with van der Waals surface area (Å²) in [7, 11) is 0. The maximum absolute atomic E-state index is 11.7. The number of nitrogens with one attached hydrogen (secondary N) is 2. The van der Waals surface area contributed by atoms with E-state index in [0.717, 1.165) is 12.3 Å². The highest BCUT2D eigenvalue weighted by atomic mass is 16.4. The standard InChI is InChI=1S/C15H18N2O4/c18-13(8-3-10-1-2-10)17-12-6-4-11(5-7-12)15(21)16-9-14(19)20/h4-7,10H,1-3,8-9H2,(H,16,21)(H,17,18)(H,19,20). The zero-order valence-electron chi connectivity index (χ0n) is 11.6. The summed E-state index contributed by atoms with van der Waals surface area (Å²) in [5, 5.41) is 13.5. The summed E-state index contributed by atoms with van der Waals surface area (Å²) in [5.74, 6) is -0.854. The monoisotopic (exact) mass is 290 g/mol. The van der Waals surface area contributed by atoms with Crippen molar-refractivity contribution >= 4 is 23.5 Å². The summed E-state index contributed by atoms with van der Waals surface area (Å²) >= 11 is 0. The lowest BCUT2D eigenvalue weighted by molar-refractivity contribution is -0.135. The Morgan fingerprint density at radius 1 is 1.14 bits per heavy atom. The van der Waals surface area contributed by atoms with E-state index in [1.807, 2.05) is 0 Å². The molecule has 1 fully saturated rings. The van der Waals surface area contributed by atoms with Crippen molar-refractivity contribution in [2.75, 3.05) is 11.9 Å². The lowest BCUT2D eigenvalue weighted by Crippen LogP contribution is -2.29. The molecule has 21 heavy (non-hydrogen) atoms. The third-order valence-electron chi connectivity index (χ3n) is 3.31. The maximum Gasteiger partial charge on any atom is 0.322 e. The fourth-order valence-corrected chi connectivity index (χ4v) is 1.93. The minimum absolute atomic E-state index is 0.0232. The first-order chi connectivity index (χ1) is 10.0. The van der Waals surface area contributed by atoms with E-state index in [1.54, 1.807) is 24.3 Å². The van der Waals surface area contributed by atoms with Crippen molar-refractivity contribution in [2.45, 2.75) is 25.7 Å². The molecule has 1 aromatic carbocycles. The molecule has 112 valence electrons. The molecule has 1 aliphatic rings. The van der Waals surface area contributed by atoms with Crippen LogP contribution in [0.15, 0.2) is 24.3 Å². The van der Waals surface area contributed by atoms with E-state index in [9.17, 15) is 14.4 Å². The quantitative estimate of drug-likeness (QED) is 0.711. The Kier molecular flexibility index (Phi) is 4.92. The van der Waals surface area contributed by atoms with E-state index in [0.29, 0.717) is 17.7 Å². The van der Waals surface area contributed by atoms with Gasteiger partial charge in [0, 0.05) is 17.7 Å². The lowest BCUT2D eigenvalue weighted by Gasteiger charge is -2.06. The molecule has 1 aliphatic carbocycles. The highest BCUT2D eigenvalue weighted by molar-refractivity contribution is 5.97. The molecule has 0 bridgehead atoms. The van der Waals surface area contributed by atoms with Gasteiger partial charge in [-0.1, -0.05) is 12.8 Å². The normalized spacial score (nSPS) is 13.5. The number of benzene rings is 1. The summed E-state index contributed by atoms with van der Waals surface area (Å²) in [6.45, 7) is -0.418. The van der Waals surface area contributed by atoms with Crippen molar-refractivity contribution in [1.82, 2.24) is 5.32 Å². The number of aliphatic carboxylic acids is 1. The smallest absolute Gasteiger partial charge is 0.322 e. The number of rotatable bonds is 7. The molecule has 2 amide bonds. The molecule has 0 saturated heterocycles. The zero-order chi connectivity index (χ0) is 15.2. The third kappa shape index (κ3) is 5.25. The molecule has 0 unspecified atom stereocenters. The predicted octanol–water partition coefficient (Wildman–Crippen LogP) is 1.63. The molecule has 6 nitrogen and oxygen atoms in total. The molecule has 0 aliphatic heterocycles. The molecular weight excluding hydrogens is 272 g/mol. The molecule has 2 rings (SSSR count). The van der Waals surface area contributed by atoms with Crippen LogP contribution in [-0.4, -0.2) is 29.4 Å². The molecule has 0 heterocycles. The number of carboxylic acid groups (broad SMARTS) is 1. The number of carboxylic acids is 1. The Labute approximate surface area is 122 Å². The third-order valence-corrected chi connectivity index (χ3v) is 3.31. The van der Waals surface area contributed by atoms with Gasteiger partial charge in [0.25, 0.3) is 5.91 Å². The van der Waals surface area contributed by atoms with Crippen LogP contribution < -0.4 is 10.6 Å². The molecule has 1 aromatic rings. The van der Waals surface area contributed by atoms with Crippen LogP contribution in [0.1, 0.15) is 36.0 Å². The van der Waals surface area contributed by atoms with Crippen molar-refractivity contribution in [1.29, 1.82) is 0 Å². The molecule has 3 N–H and O–H groups in total. The van der Waals surface area contributed by atoms with Gasteiger partial charge >= 0.3 is 5.97 Å². The van der Waals surface area contributed by atoms with Crippen molar-refractivity contribution in [3.63, 3.8) is 0 Å². The van der Waals surface area contributed by atoms with E-state index in [1.165, 1.54) is 12.8 Å². The van der Waals surface area contributed by atoms with Crippen molar-refractivity contribution in [2.24, 2.45) is 5.92 Å². The Morgan fingerprint density at radius 3 is 2.38 bits per heavy atom. The van der Waals surface area contributed by atoms with Gasteiger partial charge in [-0.2, -0.15) is 0 Å². The first-order valence-electron chi connectivity index (χ1n) is 6.94. The minimum Gasteiger partial charge on any atom is -0.480 e. The topological polar surface area (TPSA) is 95.5 Å². The first kappa shape index (κ1) is 15.0. The molecule has 6 heteroatoms. The predicted molar refractivity (Wildman–Crippen MR) is 77.0 cm³/mol. The number of carbonyl (C=O) groups excluding carboxylic acids is 2. The van der Waals surface area contributed by atoms with E-state index in [2.05, 4.69) is 10.6 Å². The van der Waals surface area contributed by atoms with Crippen LogP contribution in [0, 0.1) is 5.92 Å². The second-order valence-electron chi connectivity index (χ2n) is 5.18. The van der Waals surface area contributed by atoms with Gasteiger partial charge in [-0.25, -0.2) is 0 Å². The molecule has 1 saturated carbocycles. The van der Waals surface area contributed by atoms with Crippen LogP contribution in [-0.2, 0) is 9.59 Å². The maximum atomic E-state index is 11.7. The van der Waals surface area contributed by atoms with Crippen LogP contribution >= 0.6 is 0 Å². The van der Waals surface area contributed by atoms with E-state index in [-0.39, 0.29) is 5.91 Å².